The summed E-state index contributed by atoms with van der Waals surface area (Å²) in [5.41, 5.74) is 0.0287. The molecular weight excluding hydrogens is 463 g/mol. The van der Waals surface area contributed by atoms with Gasteiger partial charge >= 0.3 is 5.63 Å². The summed E-state index contributed by atoms with van der Waals surface area (Å²) in [7, 11) is -4.06. The molecule has 11 heteroatoms. The number of anilines is 1. The highest BCUT2D eigenvalue weighted by Gasteiger charge is 2.18. The zero-order valence-corrected chi connectivity index (χ0v) is 17.5. The van der Waals surface area contributed by atoms with Crippen LogP contribution in [-0.2, 0) is 10.0 Å². The summed E-state index contributed by atoms with van der Waals surface area (Å²) in [4.78, 5) is 22.0. The van der Waals surface area contributed by atoms with Crippen molar-refractivity contribution in [3.8, 4) is 11.1 Å². The number of hydrogen-bond acceptors (Lipinski definition) is 6. The van der Waals surface area contributed by atoms with Crippen molar-refractivity contribution in [2.75, 3.05) is 4.72 Å². The maximum absolute atomic E-state index is 13.4. The molecule has 4 rings (SSSR count). The van der Waals surface area contributed by atoms with Crippen molar-refractivity contribution < 1.29 is 22.1 Å². The van der Waals surface area contributed by atoms with Gasteiger partial charge in [-0.3, -0.25) is 14.8 Å². The van der Waals surface area contributed by atoms with Gasteiger partial charge in [-0.25, -0.2) is 17.6 Å². The predicted molar refractivity (Wildman–Crippen MR) is 117 cm³/mol. The first kappa shape index (κ1) is 21.5. The van der Waals surface area contributed by atoms with E-state index in [1.165, 1.54) is 36.4 Å². The fraction of sp³-hybridized carbons (Fsp3) is 0. The fourth-order valence-electron chi connectivity index (χ4n) is 3.12. The number of nitro groups is 1. The fourth-order valence-corrected chi connectivity index (χ4v) is 4.44. The smallest absolute Gasteiger partial charge is 0.336 e. The molecule has 162 valence electrons. The SMILES string of the molecule is O=c1cc(-c2ccc(F)cc2Cl)c2ccc(NS(=O)(=O)c3ccc([N+](=O)[O-])cc3)cc2o1. The summed E-state index contributed by atoms with van der Waals surface area (Å²) in [6.45, 7) is 0. The van der Waals surface area contributed by atoms with Crippen molar-refractivity contribution in [3.63, 3.8) is 0 Å². The molecule has 0 atom stereocenters. The van der Waals surface area contributed by atoms with Gasteiger partial charge in [-0.15, -0.1) is 0 Å². The van der Waals surface area contributed by atoms with Gasteiger partial charge < -0.3 is 4.42 Å². The Morgan fingerprint density at radius 2 is 1.69 bits per heavy atom. The summed E-state index contributed by atoms with van der Waals surface area (Å²) >= 11 is 6.13. The maximum Gasteiger partial charge on any atom is 0.336 e. The normalized spacial score (nSPS) is 11.4. The number of nitro benzene ring substituents is 1. The van der Waals surface area contributed by atoms with Crippen LogP contribution in [0.2, 0.25) is 5.02 Å². The first-order chi connectivity index (χ1) is 15.1. The molecule has 0 amide bonds. The molecule has 1 aromatic heterocycles. The van der Waals surface area contributed by atoms with E-state index in [4.69, 9.17) is 16.0 Å². The van der Waals surface area contributed by atoms with E-state index in [0.717, 1.165) is 30.3 Å². The molecule has 0 bridgehead atoms. The Hall–Kier alpha value is -3.76. The van der Waals surface area contributed by atoms with Gasteiger partial charge in [0.2, 0.25) is 0 Å². The Kier molecular flexibility index (Phi) is 5.41. The minimum Gasteiger partial charge on any atom is -0.423 e. The monoisotopic (exact) mass is 474 g/mol. The third-order valence-electron chi connectivity index (χ3n) is 4.58. The number of non-ortho nitro benzene ring substituents is 1. The number of rotatable bonds is 5. The number of hydrogen-bond donors (Lipinski definition) is 1. The van der Waals surface area contributed by atoms with E-state index >= 15 is 0 Å². The minimum atomic E-state index is -4.06. The highest BCUT2D eigenvalue weighted by atomic mass is 35.5. The van der Waals surface area contributed by atoms with Crippen molar-refractivity contribution in [1.82, 2.24) is 0 Å². The van der Waals surface area contributed by atoms with Crippen LogP contribution in [0.4, 0.5) is 15.8 Å². The minimum absolute atomic E-state index is 0.0804. The average Bonchev–Trinajstić information content (AvgIpc) is 2.73. The third kappa shape index (κ3) is 4.18. The van der Waals surface area contributed by atoms with Gasteiger partial charge in [0.15, 0.2) is 0 Å². The van der Waals surface area contributed by atoms with E-state index in [1.54, 1.807) is 0 Å². The Balaban J connectivity index is 1.74. The van der Waals surface area contributed by atoms with Gasteiger partial charge in [0, 0.05) is 40.8 Å². The van der Waals surface area contributed by atoms with Crippen LogP contribution >= 0.6 is 11.6 Å². The summed E-state index contributed by atoms with van der Waals surface area (Å²) in [5, 5.41) is 11.3. The molecule has 0 spiro atoms. The molecule has 3 aromatic carbocycles. The summed E-state index contributed by atoms with van der Waals surface area (Å²) in [6, 6.07) is 13.6. The lowest BCUT2D eigenvalue weighted by Gasteiger charge is -2.11. The lowest BCUT2D eigenvalue weighted by molar-refractivity contribution is -0.384. The standard InChI is InChI=1S/C21H12ClFN2O6S/c22-19-9-12(23)1-7-16(19)18-11-21(26)31-20-10-13(2-8-17(18)20)24-32(29,30)15-5-3-14(4-6-15)25(27)28/h1-11,24H. The van der Waals surface area contributed by atoms with Crippen molar-refractivity contribution in [2.24, 2.45) is 0 Å². The zero-order valence-electron chi connectivity index (χ0n) is 15.9. The van der Waals surface area contributed by atoms with E-state index in [9.17, 15) is 27.7 Å². The van der Waals surface area contributed by atoms with Crippen LogP contribution in [0.25, 0.3) is 22.1 Å². The Bertz CT molecular complexity index is 1530. The molecule has 0 aliphatic carbocycles. The van der Waals surface area contributed by atoms with Crippen LogP contribution in [-0.4, -0.2) is 13.3 Å². The van der Waals surface area contributed by atoms with Crippen LogP contribution in [0.1, 0.15) is 0 Å². The number of sulfonamides is 1. The summed E-state index contributed by atoms with van der Waals surface area (Å²) in [5.74, 6) is -0.533. The highest BCUT2D eigenvalue weighted by Crippen LogP contribution is 2.34. The summed E-state index contributed by atoms with van der Waals surface area (Å²) in [6.07, 6.45) is 0. The van der Waals surface area contributed by atoms with E-state index in [0.29, 0.717) is 16.5 Å². The van der Waals surface area contributed by atoms with Gasteiger partial charge in [-0.05, 0) is 42.5 Å². The largest absolute Gasteiger partial charge is 0.423 e. The molecule has 1 N–H and O–H groups in total. The van der Waals surface area contributed by atoms with Gasteiger partial charge in [-0.2, -0.15) is 0 Å². The van der Waals surface area contributed by atoms with Gasteiger partial charge in [0.25, 0.3) is 15.7 Å². The molecular formula is C21H12ClFN2O6S. The lowest BCUT2D eigenvalue weighted by Crippen LogP contribution is -2.13. The van der Waals surface area contributed by atoms with Crippen molar-refractivity contribution >= 4 is 44.0 Å². The number of benzene rings is 3. The predicted octanol–water partition coefficient (Wildman–Crippen LogP) is 4.96. The van der Waals surface area contributed by atoms with Gasteiger partial charge in [-0.1, -0.05) is 11.6 Å². The van der Waals surface area contributed by atoms with Crippen LogP contribution in [0.3, 0.4) is 0 Å². The van der Waals surface area contributed by atoms with Crippen molar-refractivity contribution in [2.45, 2.75) is 4.90 Å². The Morgan fingerprint density at radius 1 is 0.969 bits per heavy atom. The van der Waals surface area contributed by atoms with Gasteiger partial charge in [0.05, 0.1) is 20.5 Å². The number of nitrogens with zero attached hydrogens (tertiary/aromatic N) is 1. The Morgan fingerprint density at radius 3 is 2.34 bits per heavy atom. The molecule has 0 aliphatic heterocycles. The molecule has 0 saturated heterocycles. The number of nitrogens with one attached hydrogen (secondary N) is 1. The lowest BCUT2D eigenvalue weighted by atomic mass is 10.0. The van der Waals surface area contributed by atoms with E-state index in [-0.39, 0.29) is 26.9 Å². The molecule has 0 fully saturated rings. The van der Waals surface area contributed by atoms with E-state index in [1.807, 2.05) is 0 Å². The van der Waals surface area contributed by atoms with Crippen molar-refractivity contribution in [3.05, 3.63) is 98.1 Å². The first-order valence-electron chi connectivity index (χ1n) is 8.95. The number of fused-ring (bicyclic) bond motifs is 1. The van der Waals surface area contributed by atoms with Crippen LogP contribution in [0, 0.1) is 15.9 Å². The second-order valence-electron chi connectivity index (χ2n) is 6.67. The van der Waals surface area contributed by atoms with E-state index in [2.05, 4.69) is 4.72 Å². The quantitative estimate of drug-likeness (QED) is 0.248. The molecule has 0 saturated carbocycles. The molecule has 8 nitrogen and oxygen atoms in total. The maximum atomic E-state index is 13.4. The summed E-state index contributed by atoms with van der Waals surface area (Å²) < 4.78 is 46.2. The topological polar surface area (TPSA) is 120 Å². The highest BCUT2D eigenvalue weighted by molar-refractivity contribution is 7.92. The molecule has 0 unspecified atom stereocenters. The van der Waals surface area contributed by atoms with Gasteiger partial charge in [0.1, 0.15) is 11.4 Å². The molecule has 0 radical (unpaired) electrons. The van der Waals surface area contributed by atoms with Crippen molar-refractivity contribution in [1.29, 1.82) is 0 Å². The molecule has 4 aromatic rings. The second kappa shape index (κ2) is 8.06. The average molecular weight is 475 g/mol. The van der Waals surface area contributed by atoms with E-state index < -0.39 is 26.4 Å². The molecule has 1 heterocycles. The Labute approximate surface area is 185 Å². The second-order valence-corrected chi connectivity index (χ2v) is 8.76. The van der Waals surface area contributed by atoms with Crippen LogP contribution < -0.4 is 10.3 Å². The molecule has 32 heavy (non-hydrogen) atoms. The third-order valence-corrected chi connectivity index (χ3v) is 6.29. The van der Waals surface area contributed by atoms with Crippen LogP contribution in [0.5, 0.6) is 0 Å². The van der Waals surface area contributed by atoms with Crippen LogP contribution in [0.15, 0.2) is 80.8 Å². The molecule has 0 aliphatic rings. The first-order valence-corrected chi connectivity index (χ1v) is 10.8. The number of halogens is 2. The zero-order chi connectivity index (χ0) is 23.0.